The summed E-state index contributed by atoms with van der Waals surface area (Å²) in [6.07, 6.45) is 2.87. The molecule has 1 saturated heterocycles. The zero-order valence-corrected chi connectivity index (χ0v) is 8.63. The first kappa shape index (κ1) is 9.65. The van der Waals surface area contributed by atoms with Crippen molar-refractivity contribution in [1.82, 2.24) is 15.1 Å². The molecule has 2 atom stereocenters. The van der Waals surface area contributed by atoms with Gasteiger partial charge in [0, 0.05) is 24.8 Å². The number of rotatable bonds is 2. The van der Waals surface area contributed by atoms with Crippen molar-refractivity contribution < 1.29 is 4.39 Å². The second-order valence-corrected chi connectivity index (χ2v) is 3.95. The third-order valence-electron chi connectivity index (χ3n) is 2.80. The minimum absolute atomic E-state index is 0.0158. The van der Waals surface area contributed by atoms with E-state index in [4.69, 9.17) is 0 Å². The van der Waals surface area contributed by atoms with Gasteiger partial charge in [0.2, 0.25) is 0 Å². The summed E-state index contributed by atoms with van der Waals surface area (Å²) in [4.78, 5) is 0. The molecule has 1 aliphatic heterocycles. The summed E-state index contributed by atoms with van der Waals surface area (Å²) in [5.41, 5.74) is 1.53. The van der Waals surface area contributed by atoms with Crippen molar-refractivity contribution in [3.63, 3.8) is 0 Å². The van der Waals surface area contributed by atoms with Gasteiger partial charge < -0.3 is 5.32 Å². The first-order chi connectivity index (χ1) is 6.68. The van der Waals surface area contributed by atoms with Crippen molar-refractivity contribution in [2.75, 3.05) is 6.54 Å². The summed E-state index contributed by atoms with van der Waals surface area (Å²) in [6.45, 7) is 2.79. The molecule has 14 heavy (non-hydrogen) atoms. The van der Waals surface area contributed by atoms with Crippen LogP contribution in [0.3, 0.4) is 0 Å². The molecular formula is C10H16FN3. The average Bonchev–Trinajstić information content (AvgIpc) is 2.73. The highest BCUT2D eigenvalue weighted by atomic mass is 19.1. The number of nitrogens with zero attached hydrogens (tertiary/aromatic N) is 2. The lowest BCUT2D eigenvalue weighted by molar-refractivity contribution is 0.270. The van der Waals surface area contributed by atoms with Gasteiger partial charge in [-0.15, -0.1) is 0 Å². The van der Waals surface area contributed by atoms with E-state index in [1.54, 1.807) is 10.9 Å². The van der Waals surface area contributed by atoms with E-state index in [0.29, 0.717) is 0 Å². The van der Waals surface area contributed by atoms with Gasteiger partial charge in [0.05, 0.1) is 5.69 Å². The largest absolute Gasteiger partial charge is 0.311 e. The quantitative estimate of drug-likeness (QED) is 0.778. The van der Waals surface area contributed by atoms with E-state index in [2.05, 4.69) is 10.4 Å². The highest BCUT2D eigenvalue weighted by Crippen LogP contribution is 2.28. The zero-order valence-electron chi connectivity index (χ0n) is 8.63. The molecule has 1 aliphatic rings. The fourth-order valence-electron chi connectivity index (χ4n) is 2.07. The van der Waals surface area contributed by atoms with Crippen LogP contribution in [0, 0.1) is 6.92 Å². The highest BCUT2D eigenvalue weighted by Gasteiger charge is 2.27. The number of nitrogens with one attached hydrogen (secondary N) is 1. The van der Waals surface area contributed by atoms with Crippen molar-refractivity contribution in [3.8, 4) is 0 Å². The van der Waals surface area contributed by atoms with E-state index < -0.39 is 6.17 Å². The van der Waals surface area contributed by atoms with E-state index in [-0.39, 0.29) is 6.04 Å². The van der Waals surface area contributed by atoms with Crippen LogP contribution in [0.15, 0.2) is 6.20 Å². The van der Waals surface area contributed by atoms with Crippen LogP contribution in [0.2, 0.25) is 0 Å². The second-order valence-electron chi connectivity index (χ2n) is 3.95. The molecule has 0 saturated carbocycles. The van der Waals surface area contributed by atoms with E-state index >= 15 is 0 Å². The third-order valence-corrected chi connectivity index (χ3v) is 2.80. The molecule has 2 heterocycles. The Bertz CT molecular complexity index is 315. The Morgan fingerprint density at radius 1 is 1.71 bits per heavy atom. The van der Waals surface area contributed by atoms with E-state index in [1.165, 1.54) is 0 Å². The van der Waals surface area contributed by atoms with Crippen LogP contribution in [0.1, 0.15) is 30.3 Å². The molecule has 1 aromatic rings. The number of hydrogen-bond donors (Lipinski definition) is 1. The minimum Gasteiger partial charge on any atom is -0.311 e. The Kier molecular flexibility index (Phi) is 2.54. The molecule has 78 valence electrons. The molecule has 0 aliphatic carbocycles. The standard InChI is InChI=1S/C10H16FN3/c1-7-8(6-14(2)13-7)10(11)9-4-3-5-12-9/h6,9-10,12H,3-5H2,1-2H3. The maximum absolute atomic E-state index is 14.0. The van der Waals surface area contributed by atoms with E-state index in [0.717, 1.165) is 30.6 Å². The first-order valence-corrected chi connectivity index (χ1v) is 5.06. The lowest BCUT2D eigenvalue weighted by atomic mass is 10.0. The second kappa shape index (κ2) is 3.69. The number of hydrogen-bond acceptors (Lipinski definition) is 2. The molecule has 2 unspecified atom stereocenters. The summed E-state index contributed by atoms with van der Waals surface area (Å²) < 4.78 is 15.7. The Labute approximate surface area is 83.3 Å². The molecule has 0 spiro atoms. The SMILES string of the molecule is Cc1nn(C)cc1C(F)C1CCCN1. The topological polar surface area (TPSA) is 29.9 Å². The average molecular weight is 197 g/mol. The monoisotopic (exact) mass is 197 g/mol. The third kappa shape index (κ3) is 1.66. The predicted octanol–water partition coefficient (Wildman–Crippen LogP) is 1.49. The lowest BCUT2D eigenvalue weighted by Crippen LogP contribution is -2.26. The van der Waals surface area contributed by atoms with E-state index in [1.807, 2.05) is 14.0 Å². The molecule has 3 nitrogen and oxygen atoms in total. The highest BCUT2D eigenvalue weighted by molar-refractivity contribution is 5.20. The predicted molar refractivity (Wildman–Crippen MR) is 52.8 cm³/mol. The Balaban J connectivity index is 2.17. The van der Waals surface area contributed by atoms with Gasteiger partial charge in [-0.3, -0.25) is 4.68 Å². The lowest BCUT2D eigenvalue weighted by Gasteiger charge is -2.14. The maximum Gasteiger partial charge on any atom is 0.144 e. The normalized spacial score (nSPS) is 24.1. The fraction of sp³-hybridized carbons (Fsp3) is 0.700. The molecule has 0 amide bonds. The molecular weight excluding hydrogens is 181 g/mol. The Morgan fingerprint density at radius 2 is 2.50 bits per heavy atom. The Morgan fingerprint density at radius 3 is 3.00 bits per heavy atom. The van der Waals surface area contributed by atoms with Crippen molar-refractivity contribution in [3.05, 3.63) is 17.5 Å². The molecule has 1 N–H and O–H groups in total. The number of aromatic nitrogens is 2. The van der Waals surface area contributed by atoms with Gasteiger partial charge in [-0.05, 0) is 26.3 Å². The number of aryl methyl sites for hydroxylation is 2. The molecule has 0 bridgehead atoms. The summed E-state index contributed by atoms with van der Waals surface area (Å²) in [7, 11) is 1.82. The summed E-state index contributed by atoms with van der Waals surface area (Å²) >= 11 is 0. The van der Waals surface area contributed by atoms with Crippen LogP contribution in [0.4, 0.5) is 4.39 Å². The maximum atomic E-state index is 14.0. The zero-order chi connectivity index (χ0) is 10.1. The summed E-state index contributed by atoms with van der Waals surface area (Å²) in [6, 6.07) is -0.0158. The molecule has 1 aromatic heterocycles. The number of halogens is 1. The molecule has 0 aromatic carbocycles. The van der Waals surface area contributed by atoms with Crippen molar-refractivity contribution in [2.24, 2.45) is 7.05 Å². The van der Waals surface area contributed by atoms with E-state index in [9.17, 15) is 4.39 Å². The van der Waals surface area contributed by atoms with Crippen molar-refractivity contribution in [1.29, 1.82) is 0 Å². The van der Waals surface area contributed by atoms with Gasteiger partial charge >= 0.3 is 0 Å². The van der Waals surface area contributed by atoms with Gasteiger partial charge in [0.25, 0.3) is 0 Å². The van der Waals surface area contributed by atoms with Crippen LogP contribution >= 0.6 is 0 Å². The minimum atomic E-state index is -0.911. The van der Waals surface area contributed by atoms with Crippen LogP contribution in [-0.4, -0.2) is 22.4 Å². The number of alkyl halides is 1. The van der Waals surface area contributed by atoms with Crippen molar-refractivity contribution >= 4 is 0 Å². The molecule has 0 radical (unpaired) electrons. The summed E-state index contributed by atoms with van der Waals surface area (Å²) in [5.74, 6) is 0. The smallest absolute Gasteiger partial charge is 0.144 e. The summed E-state index contributed by atoms with van der Waals surface area (Å²) in [5, 5.41) is 7.33. The van der Waals surface area contributed by atoms with Crippen LogP contribution in [0.5, 0.6) is 0 Å². The van der Waals surface area contributed by atoms with Gasteiger partial charge in [0.1, 0.15) is 6.17 Å². The Hall–Kier alpha value is -0.900. The molecule has 1 fully saturated rings. The van der Waals surface area contributed by atoms with Crippen LogP contribution < -0.4 is 5.32 Å². The molecule has 4 heteroatoms. The molecule has 2 rings (SSSR count). The van der Waals surface area contributed by atoms with Crippen LogP contribution in [-0.2, 0) is 7.05 Å². The van der Waals surface area contributed by atoms with Gasteiger partial charge in [0.15, 0.2) is 0 Å². The van der Waals surface area contributed by atoms with Gasteiger partial charge in [-0.2, -0.15) is 5.10 Å². The van der Waals surface area contributed by atoms with Crippen molar-refractivity contribution in [2.45, 2.75) is 32.0 Å². The fourth-order valence-corrected chi connectivity index (χ4v) is 2.07. The van der Waals surface area contributed by atoms with Gasteiger partial charge in [-0.25, -0.2) is 4.39 Å². The van der Waals surface area contributed by atoms with Crippen LogP contribution in [0.25, 0.3) is 0 Å². The van der Waals surface area contributed by atoms with Gasteiger partial charge in [-0.1, -0.05) is 0 Å². The first-order valence-electron chi connectivity index (χ1n) is 5.06.